The molecule has 0 aliphatic carbocycles. The van der Waals surface area contributed by atoms with Gasteiger partial charge in [-0.15, -0.1) is 5.10 Å². The van der Waals surface area contributed by atoms with E-state index in [0.29, 0.717) is 43.1 Å². The maximum absolute atomic E-state index is 12.9. The summed E-state index contributed by atoms with van der Waals surface area (Å²) in [6.45, 7) is 6.63. The molecule has 33 heavy (non-hydrogen) atoms. The fourth-order valence-electron chi connectivity index (χ4n) is 3.72. The minimum Gasteiger partial charge on any atom is -0.378 e. The van der Waals surface area contributed by atoms with Crippen LogP contribution >= 0.6 is 0 Å². The van der Waals surface area contributed by atoms with Crippen molar-refractivity contribution in [2.24, 2.45) is 0 Å². The van der Waals surface area contributed by atoms with E-state index < -0.39 is 12.0 Å². The Morgan fingerprint density at radius 1 is 1.18 bits per heavy atom. The fraction of sp³-hybridized carbons (Fsp3) is 0.476. The molecule has 3 aromatic heterocycles. The van der Waals surface area contributed by atoms with Crippen LogP contribution in [0.1, 0.15) is 34.8 Å². The second-order valence-electron chi connectivity index (χ2n) is 7.81. The van der Waals surface area contributed by atoms with Gasteiger partial charge >= 0.3 is 6.18 Å². The van der Waals surface area contributed by atoms with Gasteiger partial charge in [-0.05, 0) is 37.5 Å². The van der Waals surface area contributed by atoms with Gasteiger partial charge in [0.1, 0.15) is 5.82 Å². The van der Waals surface area contributed by atoms with E-state index in [1.807, 2.05) is 12.1 Å². The number of carbonyl (C=O) groups is 1. The number of hydrogen-bond donors (Lipinski definition) is 1. The maximum Gasteiger partial charge on any atom is 0.453 e. The molecule has 1 aliphatic rings. The van der Waals surface area contributed by atoms with E-state index in [1.165, 1.54) is 0 Å². The molecule has 0 saturated carbocycles. The third-order valence-corrected chi connectivity index (χ3v) is 5.54. The van der Waals surface area contributed by atoms with E-state index >= 15 is 0 Å². The Hall–Kier alpha value is -3.28. The monoisotopic (exact) mass is 463 g/mol. The van der Waals surface area contributed by atoms with Gasteiger partial charge in [0.05, 0.1) is 13.2 Å². The fourth-order valence-corrected chi connectivity index (χ4v) is 3.72. The summed E-state index contributed by atoms with van der Waals surface area (Å²) in [5.74, 6) is -0.649. The van der Waals surface area contributed by atoms with Crippen molar-refractivity contribution in [1.29, 1.82) is 0 Å². The van der Waals surface area contributed by atoms with Gasteiger partial charge in [-0.1, -0.05) is 6.07 Å². The van der Waals surface area contributed by atoms with Crippen LogP contribution in [0.5, 0.6) is 0 Å². The molecule has 4 heterocycles. The lowest BCUT2D eigenvalue weighted by Gasteiger charge is -2.27. The zero-order valence-electron chi connectivity index (χ0n) is 18.3. The van der Waals surface area contributed by atoms with E-state index in [9.17, 15) is 18.0 Å². The molecule has 1 fully saturated rings. The van der Waals surface area contributed by atoms with Crippen molar-refractivity contribution in [3.63, 3.8) is 0 Å². The molecule has 0 atom stereocenters. The van der Waals surface area contributed by atoms with Crippen LogP contribution in [0.25, 0.3) is 5.78 Å². The number of aryl methyl sites for hydroxylation is 2. The molecule has 0 radical (unpaired) electrons. The van der Waals surface area contributed by atoms with Gasteiger partial charge in [-0.25, -0.2) is 14.5 Å². The SMILES string of the molecule is Cc1nc2nc(C(F)(F)F)nn2c(C)c1CCC(=O)NCc1ccc(N2CCOCC2)nc1. The first-order valence-corrected chi connectivity index (χ1v) is 10.6. The van der Waals surface area contributed by atoms with Gasteiger partial charge in [-0.3, -0.25) is 4.79 Å². The van der Waals surface area contributed by atoms with E-state index in [4.69, 9.17) is 4.74 Å². The second-order valence-corrected chi connectivity index (χ2v) is 7.81. The number of rotatable bonds is 6. The Balaban J connectivity index is 1.35. The van der Waals surface area contributed by atoms with E-state index in [0.717, 1.165) is 29.0 Å². The van der Waals surface area contributed by atoms with Gasteiger partial charge in [-0.2, -0.15) is 18.2 Å². The van der Waals surface area contributed by atoms with Gasteiger partial charge in [0, 0.05) is 43.6 Å². The number of ether oxygens (including phenoxy) is 1. The Morgan fingerprint density at radius 3 is 2.61 bits per heavy atom. The van der Waals surface area contributed by atoms with Crippen molar-refractivity contribution < 1.29 is 22.7 Å². The Bertz CT molecular complexity index is 1140. The highest BCUT2D eigenvalue weighted by atomic mass is 19.4. The van der Waals surface area contributed by atoms with Crippen molar-refractivity contribution in [3.8, 4) is 0 Å². The number of anilines is 1. The minimum absolute atomic E-state index is 0.112. The quantitative estimate of drug-likeness (QED) is 0.599. The molecule has 0 aromatic carbocycles. The van der Waals surface area contributed by atoms with E-state index in [1.54, 1.807) is 20.0 Å². The van der Waals surface area contributed by atoms with Crippen molar-refractivity contribution in [1.82, 2.24) is 29.9 Å². The van der Waals surface area contributed by atoms with Crippen LogP contribution in [0.2, 0.25) is 0 Å². The first kappa shape index (κ1) is 22.9. The Labute approximate surface area is 188 Å². The number of nitrogens with zero attached hydrogens (tertiary/aromatic N) is 6. The number of alkyl halides is 3. The van der Waals surface area contributed by atoms with Crippen LogP contribution in [0.15, 0.2) is 18.3 Å². The largest absolute Gasteiger partial charge is 0.453 e. The first-order valence-electron chi connectivity index (χ1n) is 10.6. The summed E-state index contributed by atoms with van der Waals surface area (Å²) in [5.41, 5.74) is 2.55. The van der Waals surface area contributed by atoms with Gasteiger partial charge in [0.15, 0.2) is 0 Å². The number of morpholine rings is 1. The molecule has 176 valence electrons. The van der Waals surface area contributed by atoms with Crippen LogP contribution < -0.4 is 10.2 Å². The molecule has 3 aromatic rings. The zero-order valence-corrected chi connectivity index (χ0v) is 18.3. The molecular weight excluding hydrogens is 439 g/mol. The smallest absolute Gasteiger partial charge is 0.378 e. The summed E-state index contributed by atoms with van der Waals surface area (Å²) < 4.78 is 45.2. The molecule has 12 heteroatoms. The van der Waals surface area contributed by atoms with Crippen LogP contribution in [0, 0.1) is 13.8 Å². The average molecular weight is 463 g/mol. The van der Waals surface area contributed by atoms with Crippen molar-refractivity contribution in [2.45, 2.75) is 39.4 Å². The van der Waals surface area contributed by atoms with Crippen molar-refractivity contribution in [3.05, 3.63) is 46.7 Å². The number of amides is 1. The first-order chi connectivity index (χ1) is 15.7. The van der Waals surface area contributed by atoms with Crippen LogP contribution in [0.4, 0.5) is 19.0 Å². The van der Waals surface area contributed by atoms with Gasteiger partial charge in [0.25, 0.3) is 11.6 Å². The molecule has 1 N–H and O–H groups in total. The third-order valence-electron chi connectivity index (χ3n) is 5.54. The number of halogens is 3. The number of fused-ring (bicyclic) bond motifs is 1. The summed E-state index contributed by atoms with van der Waals surface area (Å²) in [6, 6.07) is 3.85. The highest BCUT2D eigenvalue weighted by molar-refractivity contribution is 5.76. The number of pyridine rings is 1. The third kappa shape index (κ3) is 5.21. The molecule has 0 spiro atoms. The lowest BCUT2D eigenvalue weighted by Crippen LogP contribution is -2.36. The second kappa shape index (κ2) is 9.30. The highest BCUT2D eigenvalue weighted by Gasteiger charge is 2.37. The summed E-state index contributed by atoms with van der Waals surface area (Å²) in [6.07, 6.45) is -2.43. The highest BCUT2D eigenvalue weighted by Crippen LogP contribution is 2.27. The maximum atomic E-state index is 12.9. The summed E-state index contributed by atoms with van der Waals surface area (Å²) >= 11 is 0. The number of aromatic nitrogens is 5. The summed E-state index contributed by atoms with van der Waals surface area (Å²) in [4.78, 5) is 26.6. The van der Waals surface area contributed by atoms with Gasteiger partial charge < -0.3 is 15.0 Å². The standard InChI is InChI=1S/C21H24F3N7O2/c1-13-16(14(2)31-20(27-13)28-19(29-31)21(22,23)24)4-6-18(32)26-12-15-3-5-17(25-11-15)30-7-9-33-10-8-30/h3,5,11H,4,6-10,12H2,1-2H3,(H,26,32). The molecule has 1 saturated heterocycles. The normalized spacial score (nSPS) is 14.6. The Kier molecular flexibility index (Phi) is 6.45. The molecule has 0 unspecified atom stereocenters. The average Bonchev–Trinajstić information content (AvgIpc) is 3.23. The predicted molar refractivity (Wildman–Crippen MR) is 113 cm³/mol. The Morgan fingerprint density at radius 2 is 1.94 bits per heavy atom. The lowest BCUT2D eigenvalue weighted by atomic mass is 10.1. The number of hydrogen-bond acceptors (Lipinski definition) is 7. The van der Waals surface area contributed by atoms with Crippen molar-refractivity contribution in [2.75, 3.05) is 31.2 Å². The van der Waals surface area contributed by atoms with E-state index in [-0.39, 0.29) is 18.1 Å². The minimum atomic E-state index is -4.65. The number of nitrogens with one attached hydrogen (secondary N) is 1. The van der Waals surface area contributed by atoms with Crippen LogP contribution in [0.3, 0.4) is 0 Å². The predicted octanol–water partition coefficient (Wildman–Crippen LogP) is 2.24. The molecular formula is C21H24F3N7O2. The summed E-state index contributed by atoms with van der Waals surface area (Å²) in [5, 5.41) is 6.38. The van der Waals surface area contributed by atoms with Gasteiger partial charge in [0.2, 0.25) is 5.91 Å². The molecule has 0 bridgehead atoms. The molecule has 4 rings (SSSR count). The van der Waals surface area contributed by atoms with Crippen LogP contribution in [-0.4, -0.2) is 56.8 Å². The van der Waals surface area contributed by atoms with Crippen LogP contribution in [-0.2, 0) is 28.7 Å². The topological polar surface area (TPSA) is 97.5 Å². The lowest BCUT2D eigenvalue weighted by molar-refractivity contribution is -0.144. The number of carbonyl (C=O) groups excluding carboxylic acids is 1. The molecule has 1 aliphatic heterocycles. The molecule has 1 amide bonds. The van der Waals surface area contributed by atoms with Crippen molar-refractivity contribution >= 4 is 17.5 Å². The van der Waals surface area contributed by atoms with E-state index in [2.05, 4.69) is 30.3 Å². The molecule has 9 nitrogen and oxygen atoms in total. The summed E-state index contributed by atoms with van der Waals surface area (Å²) in [7, 11) is 0. The zero-order chi connectivity index (χ0) is 23.6.